The summed E-state index contributed by atoms with van der Waals surface area (Å²) in [6.45, 7) is 0.657. The maximum atomic E-state index is 13.3. The lowest BCUT2D eigenvalue weighted by Gasteiger charge is -2.45. The number of halogens is 2. The van der Waals surface area contributed by atoms with Gasteiger partial charge in [0.15, 0.2) is 0 Å². The number of amides is 2. The highest BCUT2D eigenvalue weighted by Crippen LogP contribution is 2.43. The average Bonchev–Trinajstić information content (AvgIpc) is 2.83. The second-order valence-corrected chi connectivity index (χ2v) is 6.98. The van der Waals surface area contributed by atoms with Crippen LogP contribution in [0.5, 0.6) is 0 Å². The van der Waals surface area contributed by atoms with E-state index in [0.29, 0.717) is 25.9 Å². The number of hydrogen-bond donors (Lipinski definition) is 1. The van der Waals surface area contributed by atoms with Crippen LogP contribution in [0.4, 0.5) is 4.39 Å². The Bertz CT molecular complexity index is 746. The van der Waals surface area contributed by atoms with E-state index < -0.39 is 23.2 Å². The van der Waals surface area contributed by atoms with E-state index in [1.807, 2.05) is 0 Å². The smallest absolute Gasteiger partial charge is 0.309 e. The Morgan fingerprint density at radius 3 is 2.52 bits per heavy atom. The Morgan fingerprint density at radius 2 is 1.96 bits per heavy atom. The van der Waals surface area contributed by atoms with Gasteiger partial charge in [-0.1, -0.05) is 11.6 Å². The molecule has 1 aromatic carbocycles. The molecule has 0 unspecified atom stereocenters. The minimum absolute atomic E-state index is 0.00660. The molecule has 0 bridgehead atoms. The summed E-state index contributed by atoms with van der Waals surface area (Å²) in [5.74, 6) is -2.80. The molecule has 2 heterocycles. The van der Waals surface area contributed by atoms with Gasteiger partial charge in [0.25, 0.3) is 5.91 Å². The fourth-order valence-electron chi connectivity index (χ4n) is 3.89. The SMILES string of the molecule is CN1C(=O)C[C@@H](C(=O)O)C12CCN(C(=O)c1ccc(F)c(Cl)c1)CC2. The van der Waals surface area contributed by atoms with E-state index in [9.17, 15) is 23.9 Å². The number of carbonyl (C=O) groups is 3. The third-order valence-electron chi connectivity index (χ3n) is 5.45. The molecule has 3 rings (SSSR count). The summed E-state index contributed by atoms with van der Waals surface area (Å²) in [5.41, 5.74) is -0.465. The minimum atomic E-state index is -0.984. The monoisotopic (exact) mass is 368 g/mol. The highest BCUT2D eigenvalue weighted by atomic mass is 35.5. The van der Waals surface area contributed by atoms with Crippen molar-refractivity contribution in [2.75, 3.05) is 20.1 Å². The van der Waals surface area contributed by atoms with E-state index in [0.717, 1.165) is 6.07 Å². The number of likely N-dealkylation sites (tertiary alicyclic amines) is 2. The number of rotatable bonds is 2. The molecule has 8 heteroatoms. The Labute approximate surface area is 149 Å². The number of piperidine rings is 1. The normalized spacial score (nSPS) is 22.5. The summed E-state index contributed by atoms with van der Waals surface area (Å²) in [5, 5.41) is 9.35. The van der Waals surface area contributed by atoms with E-state index >= 15 is 0 Å². The van der Waals surface area contributed by atoms with Gasteiger partial charge in [0.1, 0.15) is 5.82 Å². The Morgan fingerprint density at radius 1 is 1.32 bits per heavy atom. The standard InChI is InChI=1S/C17H18ClFN2O4/c1-20-14(22)9-11(16(24)25)17(20)4-6-21(7-5-17)15(23)10-2-3-13(19)12(18)8-10/h2-3,8,11H,4-7,9H2,1H3,(H,24,25)/t11-/m0/s1. The fraction of sp³-hybridized carbons (Fsp3) is 0.471. The lowest BCUT2D eigenvalue weighted by molar-refractivity contribution is -0.145. The maximum Gasteiger partial charge on any atom is 0.309 e. The number of carboxylic acid groups (broad SMARTS) is 1. The molecule has 6 nitrogen and oxygen atoms in total. The highest BCUT2D eigenvalue weighted by Gasteiger charge is 2.55. The number of carbonyl (C=O) groups excluding carboxylic acids is 2. The van der Waals surface area contributed by atoms with Crippen molar-refractivity contribution < 1.29 is 23.9 Å². The topological polar surface area (TPSA) is 77.9 Å². The largest absolute Gasteiger partial charge is 0.481 e. The molecule has 1 N–H and O–H groups in total. The van der Waals surface area contributed by atoms with E-state index in [1.165, 1.54) is 17.0 Å². The van der Waals surface area contributed by atoms with Gasteiger partial charge in [-0.05, 0) is 31.0 Å². The second-order valence-electron chi connectivity index (χ2n) is 6.57. The minimum Gasteiger partial charge on any atom is -0.481 e. The van der Waals surface area contributed by atoms with E-state index in [2.05, 4.69) is 0 Å². The van der Waals surface area contributed by atoms with Crippen molar-refractivity contribution in [3.8, 4) is 0 Å². The van der Waals surface area contributed by atoms with Crippen molar-refractivity contribution in [3.63, 3.8) is 0 Å². The maximum absolute atomic E-state index is 13.3. The molecule has 2 saturated heterocycles. The Balaban J connectivity index is 1.76. The molecule has 0 radical (unpaired) electrons. The predicted molar refractivity (Wildman–Crippen MR) is 87.8 cm³/mol. The molecular formula is C17H18ClFN2O4. The van der Waals surface area contributed by atoms with Crippen molar-refractivity contribution in [1.29, 1.82) is 0 Å². The van der Waals surface area contributed by atoms with Crippen LogP contribution in [-0.2, 0) is 9.59 Å². The first-order chi connectivity index (χ1) is 11.8. The van der Waals surface area contributed by atoms with Gasteiger partial charge in [-0.3, -0.25) is 14.4 Å². The molecule has 134 valence electrons. The first-order valence-electron chi connectivity index (χ1n) is 8.00. The van der Waals surface area contributed by atoms with Crippen LogP contribution in [0.25, 0.3) is 0 Å². The van der Waals surface area contributed by atoms with Gasteiger partial charge in [-0.25, -0.2) is 4.39 Å². The van der Waals surface area contributed by atoms with Gasteiger partial charge >= 0.3 is 5.97 Å². The van der Waals surface area contributed by atoms with Crippen molar-refractivity contribution in [2.45, 2.75) is 24.8 Å². The number of hydrogen-bond acceptors (Lipinski definition) is 3. The predicted octanol–water partition coefficient (Wildman–Crippen LogP) is 2.02. The third-order valence-corrected chi connectivity index (χ3v) is 5.74. The quantitative estimate of drug-likeness (QED) is 0.866. The van der Waals surface area contributed by atoms with Crippen molar-refractivity contribution in [1.82, 2.24) is 9.80 Å². The lowest BCUT2D eigenvalue weighted by Crippen LogP contribution is -2.56. The van der Waals surface area contributed by atoms with Crippen molar-refractivity contribution in [2.24, 2.45) is 5.92 Å². The molecule has 0 aliphatic carbocycles. The van der Waals surface area contributed by atoms with Crippen LogP contribution < -0.4 is 0 Å². The van der Waals surface area contributed by atoms with Crippen LogP contribution in [-0.4, -0.2) is 58.4 Å². The molecule has 25 heavy (non-hydrogen) atoms. The molecule has 2 amide bonds. The summed E-state index contributed by atoms with van der Waals surface area (Å²) in [6.07, 6.45) is 0.785. The van der Waals surface area contributed by atoms with Crippen LogP contribution >= 0.6 is 11.6 Å². The summed E-state index contributed by atoms with van der Waals surface area (Å²) < 4.78 is 13.3. The molecule has 1 aromatic rings. The molecule has 2 fully saturated rings. The molecular weight excluding hydrogens is 351 g/mol. The van der Waals surface area contributed by atoms with Crippen LogP contribution in [0.2, 0.25) is 5.02 Å². The number of benzene rings is 1. The van der Waals surface area contributed by atoms with Gasteiger partial charge in [0, 0.05) is 32.1 Å². The van der Waals surface area contributed by atoms with Crippen LogP contribution in [0.1, 0.15) is 29.6 Å². The van der Waals surface area contributed by atoms with Gasteiger partial charge < -0.3 is 14.9 Å². The number of nitrogens with zero attached hydrogens (tertiary/aromatic N) is 2. The van der Waals surface area contributed by atoms with Crippen LogP contribution in [0.3, 0.4) is 0 Å². The Hall–Kier alpha value is -2.15. The third kappa shape index (κ3) is 2.86. The zero-order valence-electron chi connectivity index (χ0n) is 13.7. The van der Waals surface area contributed by atoms with Gasteiger partial charge in [-0.15, -0.1) is 0 Å². The van der Waals surface area contributed by atoms with E-state index in [4.69, 9.17) is 11.6 Å². The van der Waals surface area contributed by atoms with Gasteiger partial charge in [0.05, 0.1) is 16.5 Å². The first kappa shape index (κ1) is 17.7. The zero-order chi connectivity index (χ0) is 18.4. The number of carboxylic acids is 1. The fourth-order valence-corrected chi connectivity index (χ4v) is 4.07. The van der Waals surface area contributed by atoms with Gasteiger partial charge in [-0.2, -0.15) is 0 Å². The van der Waals surface area contributed by atoms with Crippen molar-refractivity contribution in [3.05, 3.63) is 34.6 Å². The van der Waals surface area contributed by atoms with Gasteiger partial charge in [0.2, 0.25) is 5.91 Å². The van der Waals surface area contributed by atoms with Crippen molar-refractivity contribution >= 4 is 29.4 Å². The summed E-state index contributed by atoms with van der Waals surface area (Å²) in [6, 6.07) is 3.80. The summed E-state index contributed by atoms with van der Waals surface area (Å²) in [4.78, 5) is 39.3. The first-order valence-corrected chi connectivity index (χ1v) is 8.38. The second kappa shape index (κ2) is 6.29. The Kier molecular flexibility index (Phi) is 4.45. The zero-order valence-corrected chi connectivity index (χ0v) is 14.4. The molecule has 2 aliphatic rings. The van der Waals surface area contributed by atoms with Crippen LogP contribution in [0.15, 0.2) is 18.2 Å². The summed E-state index contributed by atoms with van der Waals surface area (Å²) in [7, 11) is 1.63. The molecule has 1 spiro atoms. The van der Waals surface area contributed by atoms with E-state index in [-0.39, 0.29) is 28.8 Å². The summed E-state index contributed by atoms with van der Waals surface area (Å²) >= 11 is 5.73. The average molecular weight is 369 g/mol. The number of aliphatic carboxylic acids is 1. The van der Waals surface area contributed by atoms with E-state index in [1.54, 1.807) is 11.9 Å². The lowest BCUT2D eigenvalue weighted by atomic mass is 9.77. The van der Waals surface area contributed by atoms with Crippen LogP contribution in [0, 0.1) is 11.7 Å². The molecule has 1 atom stereocenters. The molecule has 0 aromatic heterocycles. The molecule has 0 saturated carbocycles. The molecule has 2 aliphatic heterocycles. The highest BCUT2D eigenvalue weighted by molar-refractivity contribution is 6.31.